The quantitative estimate of drug-likeness (QED) is 0.849. The van der Waals surface area contributed by atoms with Crippen LogP contribution in [0.25, 0.3) is 0 Å². The summed E-state index contributed by atoms with van der Waals surface area (Å²) in [7, 11) is 0. The Morgan fingerprint density at radius 1 is 1.33 bits per heavy atom. The first-order chi connectivity index (χ1) is 11.2. The number of rotatable bonds is 1. The first-order valence-electron chi connectivity index (χ1n) is 8.03. The summed E-state index contributed by atoms with van der Waals surface area (Å²) in [4.78, 5) is 12.6. The third-order valence-corrected chi connectivity index (χ3v) is 4.74. The summed E-state index contributed by atoms with van der Waals surface area (Å²) in [5.41, 5.74) is -2.17. The Labute approximate surface area is 138 Å². The van der Waals surface area contributed by atoms with Crippen LogP contribution in [-0.4, -0.2) is 33.6 Å². The van der Waals surface area contributed by atoms with E-state index in [9.17, 15) is 23.1 Å². The van der Waals surface area contributed by atoms with Gasteiger partial charge < -0.3 is 5.11 Å². The van der Waals surface area contributed by atoms with Crippen molar-refractivity contribution in [3.8, 4) is 0 Å². The van der Waals surface area contributed by atoms with Gasteiger partial charge in [-0.2, -0.15) is 23.3 Å². The molecule has 7 heteroatoms. The van der Waals surface area contributed by atoms with Gasteiger partial charge in [-0.3, -0.25) is 4.79 Å². The molecule has 1 N–H and O–H groups in total. The number of alkyl halides is 3. The van der Waals surface area contributed by atoms with Crippen LogP contribution in [0.1, 0.15) is 48.0 Å². The molecule has 1 saturated carbocycles. The fraction of sp³-hybridized carbons (Fsp3) is 0.529. The van der Waals surface area contributed by atoms with Gasteiger partial charge in [-0.1, -0.05) is 30.5 Å². The van der Waals surface area contributed by atoms with E-state index in [4.69, 9.17) is 0 Å². The summed E-state index contributed by atoms with van der Waals surface area (Å²) in [6.07, 6.45) is -2.33. The molecule has 3 rings (SSSR count). The molecule has 1 fully saturated rings. The number of carbonyl (C=O) groups is 1. The zero-order valence-electron chi connectivity index (χ0n) is 13.3. The van der Waals surface area contributed by atoms with Gasteiger partial charge in [0.05, 0.1) is 5.92 Å². The average molecular weight is 340 g/mol. The first-order valence-corrected chi connectivity index (χ1v) is 8.03. The molecular weight excluding hydrogens is 321 g/mol. The predicted molar refractivity (Wildman–Crippen MR) is 82.4 cm³/mol. The number of hydrogen-bond acceptors (Lipinski definition) is 3. The van der Waals surface area contributed by atoms with Gasteiger partial charge in [0.25, 0.3) is 11.6 Å². The predicted octanol–water partition coefficient (Wildman–Crippen LogP) is 3.64. The highest BCUT2D eigenvalue weighted by Crippen LogP contribution is 2.48. The highest BCUT2D eigenvalue weighted by Gasteiger charge is 2.68. The molecule has 1 aliphatic heterocycles. The van der Waals surface area contributed by atoms with Crippen molar-refractivity contribution in [3.63, 3.8) is 0 Å². The van der Waals surface area contributed by atoms with Gasteiger partial charge in [0.2, 0.25) is 0 Å². The van der Waals surface area contributed by atoms with Gasteiger partial charge >= 0.3 is 6.18 Å². The summed E-state index contributed by atoms with van der Waals surface area (Å²) in [5.74, 6) is -2.12. The molecule has 4 nitrogen and oxygen atoms in total. The molecule has 1 aromatic carbocycles. The Kier molecular flexibility index (Phi) is 4.15. The second-order valence-electron chi connectivity index (χ2n) is 6.45. The van der Waals surface area contributed by atoms with Crippen molar-refractivity contribution in [2.45, 2.75) is 50.9 Å². The normalized spacial score (nSPS) is 27.5. The maximum absolute atomic E-state index is 13.7. The summed E-state index contributed by atoms with van der Waals surface area (Å²) in [5, 5.41) is 14.8. The van der Waals surface area contributed by atoms with Crippen molar-refractivity contribution in [2.75, 3.05) is 0 Å². The van der Waals surface area contributed by atoms with Crippen molar-refractivity contribution in [1.29, 1.82) is 0 Å². The van der Waals surface area contributed by atoms with Crippen molar-refractivity contribution < 1.29 is 23.1 Å². The van der Waals surface area contributed by atoms with Crippen LogP contribution in [0.2, 0.25) is 0 Å². The third kappa shape index (κ3) is 2.60. The minimum atomic E-state index is -4.98. The average Bonchev–Trinajstić information content (AvgIpc) is 2.68. The van der Waals surface area contributed by atoms with Crippen molar-refractivity contribution in [1.82, 2.24) is 5.01 Å². The maximum atomic E-state index is 13.7. The molecular formula is C17H19F3N2O2. The smallest absolute Gasteiger partial charge is 0.362 e. The number of nitrogens with zero attached hydrogens (tertiary/aromatic N) is 2. The van der Waals surface area contributed by atoms with E-state index < -0.39 is 23.7 Å². The number of halogens is 3. The van der Waals surface area contributed by atoms with Crippen LogP contribution in [0.5, 0.6) is 0 Å². The lowest BCUT2D eigenvalue weighted by molar-refractivity contribution is -0.312. The number of amides is 1. The number of aliphatic hydroxyl groups is 1. The SMILES string of the molecule is Cc1cccc(C(=O)N2N=C3CCCCC[C@H]3[C@@]2(O)C(F)(F)F)c1. The number of benzene rings is 1. The molecule has 0 saturated heterocycles. The monoisotopic (exact) mass is 340 g/mol. The van der Waals surface area contributed by atoms with Gasteiger partial charge in [0.15, 0.2) is 0 Å². The topological polar surface area (TPSA) is 52.9 Å². The van der Waals surface area contributed by atoms with Gasteiger partial charge in [-0.25, -0.2) is 0 Å². The van der Waals surface area contributed by atoms with Gasteiger partial charge in [-0.15, -0.1) is 0 Å². The van der Waals surface area contributed by atoms with E-state index in [0.29, 0.717) is 12.8 Å². The van der Waals surface area contributed by atoms with E-state index in [1.165, 1.54) is 12.1 Å². The van der Waals surface area contributed by atoms with Crippen molar-refractivity contribution in [3.05, 3.63) is 35.4 Å². The van der Waals surface area contributed by atoms with Crippen LogP contribution >= 0.6 is 0 Å². The summed E-state index contributed by atoms with van der Waals surface area (Å²) >= 11 is 0. The molecule has 1 aliphatic carbocycles. The Morgan fingerprint density at radius 3 is 2.75 bits per heavy atom. The highest BCUT2D eigenvalue weighted by molar-refractivity contribution is 5.99. The van der Waals surface area contributed by atoms with Crippen LogP contribution < -0.4 is 0 Å². The minimum Gasteiger partial charge on any atom is -0.362 e. The molecule has 2 atom stereocenters. The van der Waals surface area contributed by atoms with Crippen LogP contribution in [0.3, 0.4) is 0 Å². The first kappa shape index (κ1) is 17.0. The van der Waals surface area contributed by atoms with Gasteiger partial charge in [0, 0.05) is 11.3 Å². The summed E-state index contributed by atoms with van der Waals surface area (Å²) in [6.45, 7) is 1.74. The Morgan fingerprint density at radius 2 is 2.08 bits per heavy atom. The van der Waals surface area contributed by atoms with E-state index in [1.54, 1.807) is 19.1 Å². The fourth-order valence-corrected chi connectivity index (χ4v) is 3.50. The number of aryl methyl sites for hydroxylation is 1. The van der Waals surface area contributed by atoms with Crippen LogP contribution in [-0.2, 0) is 0 Å². The van der Waals surface area contributed by atoms with E-state index in [2.05, 4.69) is 5.10 Å². The molecule has 0 unspecified atom stereocenters. The molecule has 1 heterocycles. The summed E-state index contributed by atoms with van der Waals surface area (Å²) in [6, 6.07) is 6.26. The zero-order chi connectivity index (χ0) is 17.5. The Bertz CT molecular complexity index is 687. The van der Waals surface area contributed by atoms with E-state index in [1.807, 2.05) is 0 Å². The Hall–Kier alpha value is -1.89. The molecule has 0 radical (unpaired) electrons. The van der Waals surface area contributed by atoms with Crippen molar-refractivity contribution >= 4 is 11.6 Å². The largest absolute Gasteiger partial charge is 0.439 e. The number of fused-ring (bicyclic) bond motifs is 1. The molecule has 0 spiro atoms. The molecule has 24 heavy (non-hydrogen) atoms. The molecule has 1 amide bonds. The molecule has 1 aromatic rings. The van der Waals surface area contributed by atoms with Crippen LogP contribution in [0, 0.1) is 12.8 Å². The van der Waals surface area contributed by atoms with Crippen LogP contribution in [0.4, 0.5) is 13.2 Å². The van der Waals surface area contributed by atoms with E-state index in [-0.39, 0.29) is 22.7 Å². The molecule has 0 bridgehead atoms. The standard InChI is InChI=1S/C17H19F3N2O2/c1-11-6-5-7-12(10-11)15(23)22-16(24,17(18,19)20)13-8-3-2-4-9-14(13)21-22/h5-7,10,13,24H,2-4,8-9H2,1H3/t13-,16-/m1/s1. The van der Waals surface area contributed by atoms with Crippen LogP contribution in [0.15, 0.2) is 29.4 Å². The van der Waals surface area contributed by atoms with Gasteiger partial charge in [0.1, 0.15) is 0 Å². The fourth-order valence-electron chi connectivity index (χ4n) is 3.50. The highest BCUT2D eigenvalue weighted by atomic mass is 19.4. The lowest BCUT2D eigenvalue weighted by atomic mass is 9.87. The zero-order valence-corrected chi connectivity index (χ0v) is 13.3. The lowest BCUT2D eigenvalue weighted by Crippen LogP contribution is -2.61. The van der Waals surface area contributed by atoms with Gasteiger partial charge in [-0.05, 0) is 38.3 Å². The van der Waals surface area contributed by atoms with E-state index >= 15 is 0 Å². The molecule has 0 aromatic heterocycles. The molecule has 2 aliphatic rings. The second kappa shape index (κ2) is 5.88. The minimum absolute atomic E-state index is 0.0819. The summed E-state index contributed by atoms with van der Waals surface area (Å²) < 4.78 is 41.2. The lowest BCUT2D eigenvalue weighted by Gasteiger charge is -2.37. The third-order valence-electron chi connectivity index (χ3n) is 4.74. The number of hydrazone groups is 1. The Balaban J connectivity index is 2.05. The number of carbonyl (C=O) groups excluding carboxylic acids is 1. The van der Waals surface area contributed by atoms with E-state index in [0.717, 1.165) is 18.4 Å². The maximum Gasteiger partial charge on any atom is 0.439 e. The molecule has 130 valence electrons. The second-order valence-corrected chi connectivity index (χ2v) is 6.45. The number of hydrogen-bond donors (Lipinski definition) is 1. The van der Waals surface area contributed by atoms with Crippen molar-refractivity contribution in [2.24, 2.45) is 11.0 Å².